The van der Waals surface area contributed by atoms with Crippen molar-refractivity contribution in [2.45, 2.75) is 24.7 Å². The number of aromatic nitrogens is 5. The highest BCUT2D eigenvalue weighted by molar-refractivity contribution is 6.11. The molecule has 12 aromatic rings. The first-order valence-corrected chi connectivity index (χ1v) is 23.0. The summed E-state index contributed by atoms with van der Waals surface area (Å²) < 4.78 is 5.05. The first-order chi connectivity index (χ1) is 32.8. The molecular weight excluding hydrogens is 803 g/mol. The van der Waals surface area contributed by atoms with E-state index < -0.39 is 0 Å². The fourth-order valence-corrected chi connectivity index (χ4v) is 11.4. The fraction of sp³-hybridized carbons (Fsp3) is 0.0656. The molecule has 2 unspecified atom stereocenters. The summed E-state index contributed by atoms with van der Waals surface area (Å²) in [6, 6.07) is 76.5. The van der Waals surface area contributed by atoms with Crippen molar-refractivity contribution in [3.05, 3.63) is 223 Å². The van der Waals surface area contributed by atoms with Gasteiger partial charge in [-0.2, -0.15) is 0 Å². The molecule has 2 atom stereocenters. The van der Waals surface area contributed by atoms with E-state index in [0.717, 1.165) is 46.3 Å². The standard InChI is InChI=1S/C61H41N5/c1-3-17-38(18-4-1)40-21-15-22-41(37-40)60-62-59(39-19-5-2-6-20-39)63-61(64-60)50-36-35-48-46-27-16-32-55(65-51-28-11-7-23-42(51)43-24-8-12-29-52(43)65)56(46)47-33-34-49(47)57(48)58(50)66-53-30-13-9-25-44(53)45-26-10-14-31-54(45)66/h1-32,35-37,47,49H,33-34H2. The topological polar surface area (TPSA) is 48.5 Å². The molecule has 3 aromatic heterocycles. The normalized spacial score (nSPS) is 15.2. The molecule has 0 aliphatic heterocycles. The van der Waals surface area contributed by atoms with Crippen LogP contribution in [0.4, 0.5) is 0 Å². The number of hydrogen-bond acceptors (Lipinski definition) is 3. The number of rotatable bonds is 6. The molecule has 1 saturated carbocycles. The monoisotopic (exact) mass is 843 g/mol. The first kappa shape index (κ1) is 37.0. The Hall–Kier alpha value is -8.41. The van der Waals surface area contributed by atoms with Gasteiger partial charge in [0.05, 0.1) is 33.4 Å². The van der Waals surface area contributed by atoms with E-state index in [1.807, 2.05) is 6.07 Å². The van der Waals surface area contributed by atoms with Gasteiger partial charge in [0.25, 0.3) is 0 Å². The molecule has 3 heterocycles. The van der Waals surface area contributed by atoms with Crippen molar-refractivity contribution in [3.63, 3.8) is 0 Å². The van der Waals surface area contributed by atoms with E-state index in [-0.39, 0.29) is 5.92 Å². The van der Waals surface area contributed by atoms with Crippen molar-refractivity contribution in [2.24, 2.45) is 0 Å². The van der Waals surface area contributed by atoms with Gasteiger partial charge in [0.15, 0.2) is 17.5 Å². The third kappa shape index (κ3) is 5.50. The Bertz CT molecular complexity index is 3790. The SMILES string of the molecule is c1ccc(-c2cccc(-c3nc(-c4ccccc4)nc(-c4ccc5c(c4-n4c6ccccc6c6ccccc64)C4CCC4c4c-5cccc4-n4c5ccccc5c5ccccc54)n3)c2)cc1. The predicted molar refractivity (Wildman–Crippen MR) is 270 cm³/mol. The lowest BCUT2D eigenvalue weighted by molar-refractivity contribution is 0.342. The molecule has 66 heavy (non-hydrogen) atoms. The van der Waals surface area contributed by atoms with Gasteiger partial charge < -0.3 is 9.13 Å². The molecule has 0 N–H and O–H groups in total. The quantitative estimate of drug-likeness (QED) is 0.168. The summed E-state index contributed by atoms with van der Waals surface area (Å²) in [7, 11) is 0. The molecule has 5 heteroatoms. The zero-order chi connectivity index (χ0) is 43.3. The maximum absolute atomic E-state index is 5.49. The highest BCUT2D eigenvalue weighted by Crippen LogP contribution is 2.61. The van der Waals surface area contributed by atoms with Crippen LogP contribution in [0.25, 0.3) is 111 Å². The largest absolute Gasteiger partial charge is 0.309 e. The van der Waals surface area contributed by atoms with Crippen molar-refractivity contribution >= 4 is 43.6 Å². The second-order valence-electron chi connectivity index (χ2n) is 17.8. The summed E-state index contributed by atoms with van der Waals surface area (Å²) >= 11 is 0. The molecule has 0 saturated heterocycles. The summed E-state index contributed by atoms with van der Waals surface area (Å²) in [5, 5.41) is 5.02. The lowest BCUT2D eigenvalue weighted by Crippen LogP contribution is -2.29. The van der Waals surface area contributed by atoms with Gasteiger partial charge in [-0.3, -0.25) is 0 Å². The second-order valence-corrected chi connectivity index (χ2v) is 17.8. The Kier molecular flexibility index (Phi) is 8.17. The average Bonchev–Trinajstić information content (AvgIpc) is 3.89. The first-order valence-electron chi connectivity index (χ1n) is 23.0. The van der Waals surface area contributed by atoms with E-state index in [2.05, 4.69) is 215 Å². The predicted octanol–water partition coefficient (Wildman–Crippen LogP) is 15.4. The van der Waals surface area contributed by atoms with Gasteiger partial charge in [-0.15, -0.1) is 0 Å². The van der Waals surface area contributed by atoms with Crippen molar-refractivity contribution in [2.75, 3.05) is 0 Å². The van der Waals surface area contributed by atoms with E-state index in [0.29, 0.717) is 23.4 Å². The third-order valence-electron chi connectivity index (χ3n) is 14.4. The molecule has 14 rings (SSSR count). The van der Waals surface area contributed by atoms with Gasteiger partial charge in [-0.05, 0) is 101 Å². The van der Waals surface area contributed by atoms with Crippen LogP contribution in [0.2, 0.25) is 0 Å². The Morgan fingerprint density at radius 3 is 1.36 bits per heavy atom. The molecule has 9 aromatic carbocycles. The van der Waals surface area contributed by atoms with Crippen LogP contribution < -0.4 is 0 Å². The Labute approximate surface area is 382 Å². The minimum atomic E-state index is 0.286. The van der Waals surface area contributed by atoms with E-state index >= 15 is 0 Å². The lowest BCUT2D eigenvalue weighted by Gasteiger charge is -2.45. The minimum absolute atomic E-state index is 0.286. The maximum Gasteiger partial charge on any atom is 0.166 e. The smallest absolute Gasteiger partial charge is 0.166 e. The minimum Gasteiger partial charge on any atom is -0.309 e. The summed E-state index contributed by atoms with van der Waals surface area (Å²) in [5.41, 5.74) is 17.8. The highest BCUT2D eigenvalue weighted by Gasteiger charge is 2.44. The van der Waals surface area contributed by atoms with Crippen molar-refractivity contribution in [1.82, 2.24) is 24.1 Å². The summed E-state index contributed by atoms with van der Waals surface area (Å²) in [6.07, 6.45) is 2.21. The van der Waals surface area contributed by atoms with Crippen LogP contribution in [-0.2, 0) is 0 Å². The van der Waals surface area contributed by atoms with E-state index in [1.165, 1.54) is 71.6 Å². The zero-order valence-corrected chi connectivity index (χ0v) is 36.0. The van der Waals surface area contributed by atoms with Gasteiger partial charge in [-0.1, -0.05) is 170 Å². The van der Waals surface area contributed by atoms with Crippen LogP contribution in [0.1, 0.15) is 35.8 Å². The second kappa shape index (κ2) is 14.6. The van der Waals surface area contributed by atoms with E-state index in [1.54, 1.807) is 0 Å². The highest BCUT2D eigenvalue weighted by atomic mass is 15.1. The molecule has 1 fully saturated rings. The fourth-order valence-electron chi connectivity index (χ4n) is 11.4. The van der Waals surface area contributed by atoms with E-state index in [9.17, 15) is 0 Å². The molecule has 5 nitrogen and oxygen atoms in total. The Balaban J connectivity index is 1.07. The van der Waals surface area contributed by atoms with Crippen LogP contribution >= 0.6 is 0 Å². The molecule has 0 spiro atoms. The van der Waals surface area contributed by atoms with Gasteiger partial charge >= 0.3 is 0 Å². The Morgan fingerprint density at radius 2 is 0.758 bits per heavy atom. The third-order valence-corrected chi connectivity index (χ3v) is 14.4. The average molecular weight is 844 g/mol. The Morgan fingerprint density at radius 1 is 0.318 bits per heavy atom. The molecule has 0 bridgehead atoms. The number of benzene rings is 9. The number of para-hydroxylation sites is 4. The molecule has 0 amide bonds. The van der Waals surface area contributed by atoms with Crippen molar-refractivity contribution in [1.29, 1.82) is 0 Å². The molecule has 0 radical (unpaired) electrons. The van der Waals surface area contributed by atoms with Crippen LogP contribution in [0.15, 0.2) is 212 Å². The van der Waals surface area contributed by atoms with Crippen LogP contribution in [-0.4, -0.2) is 24.1 Å². The number of fused-ring (bicyclic) bond motifs is 12. The molecule has 2 aliphatic carbocycles. The van der Waals surface area contributed by atoms with Gasteiger partial charge in [-0.25, -0.2) is 15.0 Å². The molecule has 310 valence electrons. The summed E-state index contributed by atoms with van der Waals surface area (Å²) in [4.78, 5) is 16.1. The number of nitrogens with zero attached hydrogens (tertiary/aromatic N) is 5. The molecule has 2 aliphatic rings. The number of hydrogen-bond donors (Lipinski definition) is 0. The van der Waals surface area contributed by atoms with Crippen LogP contribution in [0.3, 0.4) is 0 Å². The maximum atomic E-state index is 5.49. The summed E-state index contributed by atoms with van der Waals surface area (Å²) in [5.74, 6) is 2.57. The molecular formula is C61H41N5. The van der Waals surface area contributed by atoms with Crippen LogP contribution in [0, 0.1) is 0 Å². The van der Waals surface area contributed by atoms with Gasteiger partial charge in [0.1, 0.15) is 0 Å². The van der Waals surface area contributed by atoms with Crippen molar-refractivity contribution < 1.29 is 0 Å². The van der Waals surface area contributed by atoms with Crippen LogP contribution in [0.5, 0.6) is 0 Å². The van der Waals surface area contributed by atoms with E-state index in [4.69, 9.17) is 15.0 Å². The van der Waals surface area contributed by atoms with Gasteiger partial charge in [0, 0.05) is 38.2 Å². The zero-order valence-electron chi connectivity index (χ0n) is 36.0. The summed E-state index contributed by atoms with van der Waals surface area (Å²) in [6.45, 7) is 0. The van der Waals surface area contributed by atoms with Gasteiger partial charge in [0.2, 0.25) is 0 Å². The van der Waals surface area contributed by atoms with Crippen molar-refractivity contribution in [3.8, 4) is 67.8 Å². The lowest BCUT2D eigenvalue weighted by atomic mass is 9.60.